The third kappa shape index (κ3) is 4.36. The first-order valence-corrected chi connectivity index (χ1v) is 8.95. The molecule has 0 bridgehead atoms. The van der Waals surface area contributed by atoms with Gasteiger partial charge in [-0.3, -0.25) is 19.7 Å². The fourth-order valence-electron chi connectivity index (χ4n) is 3.78. The van der Waals surface area contributed by atoms with Crippen molar-refractivity contribution in [3.63, 3.8) is 0 Å². The van der Waals surface area contributed by atoms with E-state index in [4.69, 9.17) is 9.47 Å². The molecule has 2 heterocycles. The summed E-state index contributed by atoms with van der Waals surface area (Å²) < 4.78 is 11.0. The number of piperidine rings is 1. The Balaban J connectivity index is 1.51. The summed E-state index contributed by atoms with van der Waals surface area (Å²) in [4.78, 5) is 35.8. The van der Waals surface area contributed by atoms with Crippen molar-refractivity contribution in [2.45, 2.75) is 25.4 Å². The molecule has 1 amide bonds. The maximum absolute atomic E-state index is 12.4. The molecule has 1 aromatic rings. The lowest BCUT2D eigenvalue weighted by molar-refractivity contribution is -0.385. The zero-order chi connectivity index (χ0) is 19.4. The summed E-state index contributed by atoms with van der Waals surface area (Å²) in [5.41, 5.74) is -0.179. The van der Waals surface area contributed by atoms with Crippen molar-refractivity contribution in [2.75, 3.05) is 26.3 Å². The van der Waals surface area contributed by atoms with Gasteiger partial charge in [0.2, 0.25) is 0 Å². The van der Waals surface area contributed by atoms with Gasteiger partial charge < -0.3 is 19.5 Å². The molecule has 1 unspecified atom stereocenters. The second-order valence-electron chi connectivity index (χ2n) is 6.80. The largest absolute Gasteiger partial charge is 0.481 e. The molecule has 2 aliphatic rings. The molecule has 146 valence electrons. The van der Waals surface area contributed by atoms with Crippen LogP contribution in [-0.2, 0) is 14.3 Å². The third-order valence-corrected chi connectivity index (χ3v) is 5.22. The van der Waals surface area contributed by atoms with Crippen LogP contribution in [0.25, 0.3) is 0 Å². The zero-order valence-corrected chi connectivity index (χ0v) is 14.8. The van der Waals surface area contributed by atoms with Crippen LogP contribution in [0.4, 0.5) is 5.69 Å². The Morgan fingerprint density at radius 1 is 1.26 bits per heavy atom. The van der Waals surface area contributed by atoms with Gasteiger partial charge in [-0.2, -0.15) is 0 Å². The summed E-state index contributed by atoms with van der Waals surface area (Å²) in [6.07, 6.45) is 1.59. The lowest BCUT2D eigenvalue weighted by atomic mass is 9.84. The molecule has 1 N–H and O–H groups in total. The molecule has 27 heavy (non-hydrogen) atoms. The first-order chi connectivity index (χ1) is 13.0. The Morgan fingerprint density at radius 3 is 2.63 bits per heavy atom. The number of para-hydroxylation sites is 2. The predicted octanol–water partition coefficient (Wildman–Crippen LogP) is 1.70. The number of nitrogens with zero attached hydrogens (tertiary/aromatic N) is 2. The molecule has 2 saturated heterocycles. The molecule has 0 saturated carbocycles. The van der Waals surface area contributed by atoms with E-state index in [2.05, 4.69) is 0 Å². The molecule has 0 spiro atoms. The van der Waals surface area contributed by atoms with Crippen LogP contribution in [-0.4, -0.2) is 59.2 Å². The number of carbonyl (C=O) groups is 2. The Kier molecular flexibility index (Phi) is 5.90. The molecule has 3 rings (SSSR count). The molecule has 9 heteroatoms. The van der Waals surface area contributed by atoms with Crippen LogP contribution in [0.3, 0.4) is 0 Å². The van der Waals surface area contributed by atoms with Crippen molar-refractivity contribution < 1.29 is 29.1 Å². The van der Waals surface area contributed by atoms with Gasteiger partial charge in [0.1, 0.15) is 0 Å². The quantitative estimate of drug-likeness (QED) is 0.591. The Labute approximate surface area is 156 Å². The summed E-state index contributed by atoms with van der Waals surface area (Å²) in [7, 11) is 0. The van der Waals surface area contributed by atoms with E-state index in [1.807, 2.05) is 0 Å². The SMILES string of the molecule is O=C(O)C1CCO[C@H]1C1CCN(C(=O)COc2ccccc2[N+](=O)[O-])CC1. The smallest absolute Gasteiger partial charge is 0.310 e. The number of hydrogen-bond acceptors (Lipinski definition) is 6. The maximum Gasteiger partial charge on any atom is 0.310 e. The number of carboxylic acid groups (broad SMARTS) is 1. The fraction of sp³-hybridized carbons (Fsp3) is 0.556. The number of benzene rings is 1. The number of nitro benzene ring substituents is 1. The molecule has 0 aliphatic carbocycles. The minimum atomic E-state index is -0.825. The van der Waals surface area contributed by atoms with Crippen LogP contribution in [0.5, 0.6) is 5.75 Å². The molecule has 9 nitrogen and oxygen atoms in total. The molecule has 0 radical (unpaired) electrons. The number of carbonyl (C=O) groups excluding carboxylic acids is 1. The van der Waals surface area contributed by atoms with E-state index in [0.717, 1.165) is 0 Å². The average Bonchev–Trinajstić information content (AvgIpc) is 3.16. The van der Waals surface area contributed by atoms with Crippen molar-refractivity contribution >= 4 is 17.6 Å². The van der Waals surface area contributed by atoms with Crippen molar-refractivity contribution in [3.05, 3.63) is 34.4 Å². The molecular weight excluding hydrogens is 356 g/mol. The maximum atomic E-state index is 12.4. The van der Waals surface area contributed by atoms with E-state index in [0.29, 0.717) is 39.0 Å². The highest BCUT2D eigenvalue weighted by molar-refractivity contribution is 5.78. The molecular formula is C18H22N2O7. The van der Waals surface area contributed by atoms with Crippen molar-refractivity contribution in [3.8, 4) is 5.75 Å². The summed E-state index contributed by atoms with van der Waals surface area (Å²) >= 11 is 0. The molecule has 0 aromatic heterocycles. The second-order valence-corrected chi connectivity index (χ2v) is 6.80. The van der Waals surface area contributed by atoms with E-state index in [-0.39, 0.29) is 36.0 Å². The van der Waals surface area contributed by atoms with Gasteiger partial charge in [-0.25, -0.2) is 0 Å². The van der Waals surface area contributed by atoms with E-state index in [1.165, 1.54) is 18.2 Å². The highest BCUT2D eigenvalue weighted by Crippen LogP contribution is 2.33. The van der Waals surface area contributed by atoms with Crippen molar-refractivity contribution in [2.24, 2.45) is 11.8 Å². The van der Waals surface area contributed by atoms with Crippen LogP contribution < -0.4 is 4.74 Å². The van der Waals surface area contributed by atoms with Gasteiger partial charge in [0.05, 0.1) is 16.9 Å². The molecule has 2 atom stereocenters. The summed E-state index contributed by atoms with van der Waals surface area (Å²) in [6.45, 7) is 1.18. The summed E-state index contributed by atoms with van der Waals surface area (Å²) in [6, 6.07) is 5.93. The van der Waals surface area contributed by atoms with Crippen molar-refractivity contribution in [1.29, 1.82) is 0 Å². The van der Waals surface area contributed by atoms with Gasteiger partial charge in [-0.1, -0.05) is 12.1 Å². The van der Waals surface area contributed by atoms with E-state index in [9.17, 15) is 24.8 Å². The Bertz CT molecular complexity index is 715. The topological polar surface area (TPSA) is 119 Å². The Hall–Kier alpha value is -2.68. The van der Waals surface area contributed by atoms with Gasteiger partial charge in [-0.15, -0.1) is 0 Å². The van der Waals surface area contributed by atoms with Gasteiger partial charge in [0, 0.05) is 25.8 Å². The van der Waals surface area contributed by atoms with Crippen LogP contribution >= 0.6 is 0 Å². The fourth-order valence-corrected chi connectivity index (χ4v) is 3.78. The van der Waals surface area contributed by atoms with Crippen LogP contribution in [0.15, 0.2) is 24.3 Å². The number of rotatable bonds is 6. The van der Waals surface area contributed by atoms with Gasteiger partial charge >= 0.3 is 11.7 Å². The predicted molar refractivity (Wildman–Crippen MR) is 93.4 cm³/mol. The lowest BCUT2D eigenvalue weighted by Gasteiger charge is -2.35. The minimum absolute atomic E-state index is 0.0643. The Morgan fingerprint density at radius 2 is 1.96 bits per heavy atom. The number of likely N-dealkylation sites (tertiary alicyclic amines) is 1. The first-order valence-electron chi connectivity index (χ1n) is 8.95. The molecule has 1 aromatic carbocycles. The number of aliphatic carboxylic acids is 1. The standard InChI is InChI=1S/C18H22N2O7/c21-16(11-27-15-4-2-1-3-14(15)20(24)25)19-8-5-12(6-9-19)17-13(18(22)23)7-10-26-17/h1-4,12-13,17H,5-11H2,(H,22,23)/t13?,17-/m0/s1. The molecule has 2 aliphatic heterocycles. The monoisotopic (exact) mass is 378 g/mol. The zero-order valence-electron chi connectivity index (χ0n) is 14.8. The van der Waals surface area contributed by atoms with Gasteiger partial charge in [0.15, 0.2) is 12.4 Å². The number of ether oxygens (including phenoxy) is 2. The number of hydrogen-bond donors (Lipinski definition) is 1. The highest BCUT2D eigenvalue weighted by Gasteiger charge is 2.40. The van der Waals surface area contributed by atoms with Crippen LogP contribution in [0.1, 0.15) is 19.3 Å². The number of carboxylic acids is 1. The second kappa shape index (κ2) is 8.34. The van der Waals surface area contributed by atoms with E-state index >= 15 is 0 Å². The van der Waals surface area contributed by atoms with Crippen LogP contribution in [0.2, 0.25) is 0 Å². The first kappa shape index (κ1) is 19.1. The van der Waals surface area contributed by atoms with E-state index < -0.39 is 16.8 Å². The van der Waals surface area contributed by atoms with Gasteiger partial charge in [0.25, 0.3) is 5.91 Å². The van der Waals surface area contributed by atoms with Crippen LogP contribution in [0, 0.1) is 22.0 Å². The van der Waals surface area contributed by atoms with Gasteiger partial charge in [-0.05, 0) is 31.2 Å². The normalized spacial score (nSPS) is 23.2. The van der Waals surface area contributed by atoms with E-state index in [1.54, 1.807) is 11.0 Å². The average molecular weight is 378 g/mol. The lowest BCUT2D eigenvalue weighted by Crippen LogP contribution is -2.44. The summed E-state index contributed by atoms with van der Waals surface area (Å²) in [5.74, 6) is -1.36. The minimum Gasteiger partial charge on any atom is -0.481 e. The van der Waals surface area contributed by atoms with Crippen molar-refractivity contribution in [1.82, 2.24) is 4.90 Å². The highest BCUT2D eigenvalue weighted by atomic mass is 16.6. The third-order valence-electron chi connectivity index (χ3n) is 5.22. The molecule has 2 fully saturated rings. The summed E-state index contributed by atoms with van der Waals surface area (Å²) in [5, 5.41) is 20.3. The number of nitro groups is 1. The number of amides is 1.